The molecule has 1 aromatic rings. The van der Waals surface area contributed by atoms with E-state index < -0.39 is 0 Å². The molecular weight excluding hydrogens is 282 g/mol. The first-order valence-electron chi connectivity index (χ1n) is 7.90. The highest BCUT2D eigenvalue weighted by atomic mass is 16.5. The monoisotopic (exact) mass is 307 g/mol. The molecule has 5 nitrogen and oxygen atoms in total. The van der Waals surface area contributed by atoms with Crippen LogP contribution in [0.4, 0.5) is 4.79 Å². The maximum absolute atomic E-state index is 12.2. The van der Waals surface area contributed by atoms with Crippen molar-refractivity contribution in [2.45, 2.75) is 50.6 Å². The molecule has 0 saturated heterocycles. The van der Waals surface area contributed by atoms with Crippen LogP contribution in [0, 0.1) is 0 Å². The topological polar surface area (TPSA) is 70.0 Å². The molecule has 22 heavy (non-hydrogen) atoms. The number of ether oxygens (including phenoxy) is 1. The van der Waals surface area contributed by atoms with Gasteiger partial charge in [-0.3, -0.25) is 4.90 Å². The highest BCUT2D eigenvalue weighted by molar-refractivity contribution is 5.68. The molecule has 0 radical (unpaired) electrons. The summed E-state index contributed by atoms with van der Waals surface area (Å²) in [5.41, 5.74) is 0.974. The van der Waals surface area contributed by atoms with Crippen molar-refractivity contribution in [2.75, 3.05) is 13.7 Å². The Morgan fingerprint density at radius 1 is 1.27 bits per heavy atom. The summed E-state index contributed by atoms with van der Waals surface area (Å²) >= 11 is 0. The van der Waals surface area contributed by atoms with Crippen molar-refractivity contribution in [3.8, 4) is 5.75 Å². The molecule has 0 bridgehead atoms. The summed E-state index contributed by atoms with van der Waals surface area (Å²) in [7, 11) is 1.38. The van der Waals surface area contributed by atoms with E-state index in [0.717, 1.165) is 31.2 Å². The lowest BCUT2D eigenvalue weighted by molar-refractivity contribution is 0.0489. The molecule has 0 heterocycles. The molecule has 1 aromatic carbocycles. The van der Waals surface area contributed by atoms with Crippen LogP contribution < -0.4 is 0 Å². The number of benzene rings is 1. The van der Waals surface area contributed by atoms with E-state index in [9.17, 15) is 15.0 Å². The highest BCUT2D eigenvalue weighted by Gasteiger charge is 2.32. The molecule has 0 aromatic heterocycles. The third kappa shape index (κ3) is 4.13. The van der Waals surface area contributed by atoms with E-state index in [0.29, 0.717) is 6.42 Å². The first kappa shape index (κ1) is 16.6. The Morgan fingerprint density at radius 3 is 2.45 bits per heavy atom. The summed E-state index contributed by atoms with van der Waals surface area (Å²) in [4.78, 5) is 13.9. The smallest absolute Gasteiger partial charge is 0.410 e. The van der Waals surface area contributed by atoms with Crippen LogP contribution in [-0.4, -0.2) is 47.0 Å². The molecule has 0 aliphatic heterocycles. The molecule has 122 valence electrons. The van der Waals surface area contributed by atoms with Crippen LogP contribution in [0.25, 0.3) is 0 Å². The summed E-state index contributed by atoms with van der Waals surface area (Å²) in [6.07, 6.45) is 5.51. The van der Waals surface area contributed by atoms with Crippen molar-refractivity contribution in [1.82, 2.24) is 4.90 Å². The number of carbonyl (C=O) groups excluding carboxylic acids is 1. The predicted molar refractivity (Wildman–Crippen MR) is 83.8 cm³/mol. The van der Waals surface area contributed by atoms with E-state index in [1.54, 1.807) is 17.0 Å². The standard InChI is InChI=1S/C17H25NO4/c1-22-17(21)18(14-5-3-2-4-6-14)15(12-19)11-13-7-9-16(20)10-8-13/h7-10,14-15,19-20H,2-6,11-12H2,1H3/t15-/m0/s1. The minimum atomic E-state index is -0.371. The first-order valence-corrected chi connectivity index (χ1v) is 7.90. The summed E-state index contributed by atoms with van der Waals surface area (Å²) in [5, 5.41) is 19.1. The van der Waals surface area contributed by atoms with Gasteiger partial charge in [0.1, 0.15) is 5.75 Å². The van der Waals surface area contributed by atoms with Crippen molar-refractivity contribution in [3.05, 3.63) is 29.8 Å². The second-order valence-electron chi connectivity index (χ2n) is 5.88. The van der Waals surface area contributed by atoms with Gasteiger partial charge in [-0.05, 0) is 37.0 Å². The Bertz CT molecular complexity index is 468. The highest BCUT2D eigenvalue weighted by Crippen LogP contribution is 2.26. The Hall–Kier alpha value is -1.75. The lowest BCUT2D eigenvalue weighted by Gasteiger charge is -2.38. The molecule has 1 saturated carbocycles. The average molecular weight is 307 g/mol. The Labute approximate surface area is 131 Å². The summed E-state index contributed by atoms with van der Waals surface area (Å²) in [5.74, 6) is 0.210. The van der Waals surface area contributed by atoms with Crippen LogP contribution in [-0.2, 0) is 11.2 Å². The number of aliphatic hydroxyl groups is 1. The van der Waals surface area contributed by atoms with Crippen LogP contribution in [0.5, 0.6) is 5.75 Å². The van der Waals surface area contributed by atoms with Crippen LogP contribution in [0.3, 0.4) is 0 Å². The second-order valence-corrected chi connectivity index (χ2v) is 5.88. The van der Waals surface area contributed by atoms with Gasteiger partial charge in [0, 0.05) is 6.04 Å². The van der Waals surface area contributed by atoms with E-state index in [-0.39, 0.29) is 30.5 Å². The van der Waals surface area contributed by atoms with E-state index in [1.165, 1.54) is 13.5 Å². The average Bonchev–Trinajstić information content (AvgIpc) is 2.56. The number of phenols is 1. The lowest BCUT2D eigenvalue weighted by Crippen LogP contribution is -2.50. The van der Waals surface area contributed by atoms with Crippen LogP contribution >= 0.6 is 0 Å². The number of hydrogen-bond donors (Lipinski definition) is 2. The molecule has 5 heteroatoms. The first-order chi connectivity index (χ1) is 10.7. The molecule has 1 aliphatic carbocycles. The van der Waals surface area contributed by atoms with Gasteiger partial charge in [-0.1, -0.05) is 31.4 Å². The van der Waals surface area contributed by atoms with Gasteiger partial charge in [0.2, 0.25) is 0 Å². The predicted octanol–water partition coefficient (Wildman–Crippen LogP) is 2.70. The zero-order valence-corrected chi connectivity index (χ0v) is 13.1. The van der Waals surface area contributed by atoms with E-state index in [1.807, 2.05) is 12.1 Å². The summed E-state index contributed by atoms with van der Waals surface area (Å²) in [6.45, 7) is -0.105. The van der Waals surface area contributed by atoms with Gasteiger partial charge >= 0.3 is 6.09 Å². The number of methoxy groups -OCH3 is 1. The van der Waals surface area contributed by atoms with E-state index >= 15 is 0 Å². The summed E-state index contributed by atoms with van der Waals surface area (Å²) < 4.78 is 4.94. The molecule has 0 spiro atoms. The molecule has 1 atom stereocenters. The third-order valence-corrected chi connectivity index (χ3v) is 4.37. The minimum absolute atomic E-state index is 0.105. The minimum Gasteiger partial charge on any atom is -0.508 e. The quantitative estimate of drug-likeness (QED) is 0.877. The molecule has 0 unspecified atom stereocenters. The summed E-state index contributed by atoms with van der Waals surface area (Å²) in [6, 6.07) is 6.69. The van der Waals surface area contributed by atoms with E-state index in [4.69, 9.17) is 4.74 Å². The maximum Gasteiger partial charge on any atom is 0.410 e. The lowest BCUT2D eigenvalue weighted by atomic mass is 9.92. The number of nitrogens with zero attached hydrogens (tertiary/aromatic N) is 1. The van der Waals surface area contributed by atoms with Crippen LogP contribution in [0.1, 0.15) is 37.7 Å². The Morgan fingerprint density at radius 2 is 1.91 bits per heavy atom. The molecular formula is C17H25NO4. The van der Waals surface area contributed by atoms with Gasteiger partial charge in [0.25, 0.3) is 0 Å². The van der Waals surface area contributed by atoms with Gasteiger partial charge in [-0.15, -0.1) is 0 Å². The van der Waals surface area contributed by atoms with Crippen molar-refractivity contribution < 1.29 is 19.7 Å². The number of amides is 1. The van der Waals surface area contributed by atoms with Crippen molar-refractivity contribution in [3.63, 3.8) is 0 Å². The number of aromatic hydroxyl groups is 1. The zero-order chi connectivity index (χ0) is 15.9. The van der Waals surface area contributed by atoms with Gasteiger partial charge < -0.3 is 14.9 Å². The normalized spacial score (nSPS) is 17.0. The number of phenolic OH excluding ortho intramolecular Hbond substituents is 1. The van der Waals surface area contributed by atoms with Crippen molar-refractivity contribution >= 4 is 6.09 Å². The van der Waals surface area contributed by atoms with Gasteiger partial charge in [-0.2, -0.15) is 0 Å². The fourth-order valence-corrected chi connectivity index (χ4v) is 3.22. The fraction of sp³-hybridized carbons (Fsp3) is 0.588. The number of rotatable bonds is 5. The molecule has 1 aliphatic rings. The number of aliphatic hydroxyl groups excluding tert-OH is 1. The SMILES string of the molecule is COC(=O)N(C1CCCCC1)[C@H](CO)Cc1ccc(O)cc1. The number of carbonyl (C=O) groups is 1. The molecule has 1 fully saturated rings. The zero-order valence-electron chi connectivity index (χ0n) is 13.1. The molecule has 2 rings (SSSR count). The van der Waals surface area contributed by atoms with Gasteiger partial charge in [0.15, 0.2) is 0 Å². The van der Waals surface area contributed by atoms with Crippen molar-refractivity contribution in [1.29, 1.82) is 0 Å². The Kier molecular flexibility index (Phi) is 6.07. The molecule has 1 amide bonds. The molecule has 2 N–H and O–H groups in total. The van der Waals surface area contributed by atoms with Gasteiger partial charge in [-0.25, -0.2) is 4.79 Å². The second kappa shape index (κ2) is 8.03. The fourth-order valence-electron chi connectivity index (χ4n) is 3.22. The van der Waals surface area contributed by atoms with E-state index in [2.05, 4.69) is 0 Å². The maximum atomic E-state index is 12.2. The third-order valence-electron chi connectivity index (χ3n) is 4.37. The number of hydrogen-bond acceptors (Lipinski definition) is 4. The van der Waals surface area contributed by atoms with Crippen LogP contribution in [0.2, 0.25) is 0 Å². The van der Waals surface area contributed by atoms with Crippen molar-refractivity contribution in [2.24, 2.45) is 0 Å². The van der Waals surface area contributed by atoms with Crippen LogP contribution in [0.15, 0.2) is 24.3 Å². The Balaban J connectivity index is 2.14. The van der Waals surface area contributed by atoms with Gasteiger partial charge in [0.05, 0.1) is 19.8 Å². The largest absolute Gasteiger partial charge is 0.508 e.